The largest absolute Gasteiger partial charge is 0.310 e. The van der Waals surface area contributed by atoms with Crippen molar-refractivity contribution >= 4 is 48.6 Å². The Balaban J connectivity index is 1.22. The zero-order valence-electron chi connectivity index (χ0n) is 28.7. The van der Waals surface area contributed by atoms with Crippen LogP contribution in [0, 0.1) is 0 Å². The van der Waals surface area contributed by atoms with Crippen molar-refractivity contribution in [1.29, 1.82) is 0 Å². The maximum atomic E-state index is 2.39. The highest BCUT2D eigenvalue weighted by Gasteiger charge is 2.33. The van der Waals surface area contributed by atoms with E-state index in [0.717, 1.165) is 17.1 Å². The van der Waals surface area contributed by atoms with Gasteiger partial charge >= 0.3 is 0 Å². The molecule has 0 N–H and O–H groups in total. The summed E-state index contributed by atoms with van der Waals surface area (Å²) in [5, 5.41) is 5.02. The third-order valence-electron chi connectivity index (χ3n) is 9.96. The van der Waals surface area contributed by atoms with E-state index in [4.69, 9.17) is 0 Å². The molecule has 0 radical (unpaired) electrons. The van der Waals surface area contributed by atoms with Crippen LogP contribution in [0.4, 0.5) is 17.1 Å². The highest BCUT2D eigenvalue weighted by Crippen LogP contribution is 2.73. The standard InChI is InChI=1S/C50H37NS/c1-5-15-38(16-6-1)39-27-29-42(30-28-39)51(44-33-36-50-41(37-44)26-25-40-17-13-14-24-49(40)50)43-31-34-48(35-32-43)52(45-18-7-2-8-19-45,46-20-9-3-10-21-46)47-22-11-4-12-23-47/h1-37H. The number of anilines is 3. The van der Waals surface area contributed by atoms with Crippen LogP contribution in [-0.4, -0.2) is 0 Å². The minimum atomic E-state index is -1.79. The highest BCUT2D eigenvalue weighted by atomic mass is 32.3. The molecule has 0 saturated heterocycles. The van der Waals surface area contributed by atoms with Crippen LogP contribution in [0.1, 0.15) is 0 Å². The van der Waals surface area contributed by atoms with Gasteiger partial charge in [-0.3, -0.25) is 0 Å². The maximum Gasteiger partial charge on any atom is 0.0468 e. The first-order valence-corrected chi connectivity index (χ1v) is 19.4. The first-order chi connectivity index (χ1) is 25.8. The van der Waals surface area contributed by atoms with Gasteiger partial charge < -0.3 is 4.90 Å². The van der Waals surface area contributed by atoms with Crippen molar-refractivity contribution in [3.63, 3.8) is 0 Å². The third kappa shape index (κ3) is 5.64. The number of benzene rings is 9. The predicted octanol–water partition coefficient (Wildman–Crippen LogP) is 14.5. The fraction of sp³-hybridized carbons (Fsp3) is 0. The first-order valence-electron chi connectivity index (χ1n) is 17.7. The zero-order valence-corrected chi connectivity index (χ0v) is 29.5. The Morgan fingerprint density at radius 2 is 0.673 bits per heavy atom. The molecule has 0 bridgehead atoms. The second kappa shape index (κ2) is 13.8. The van der Waals surface area contributed by atoms with Gasteiger partial charge in [-0.2, -0.15) is 0 Å². The van der Waals surface area contributed by atoms with Gasteiger partial charge in [-0.05, 0) is 118 Å². The fourth-order valence-electron chi connectivity index (χ4n) is 7.51. The second-order valence-electron chi connectivity index (χ2n) is 13.0. The lowest BCUT2D eigenvalue weighted by Crippen LogP contribution is -2.10. The van der Waals surface area contributed by atoms with Crippen LogP contribution in [0.2, 0.25) is 0 Å². The molecule has 0 aliphatic carbocycles. The minimum Gasteiger partial charge on any atom is -0.310 e. The van der Waals surface area contributed by atoms with Crippen LogP contribution in [0.5, 0.6) is 0 Å². The summed E-state index contributed by atoms with van der Waals surface area (Å²) in [5.41, 5.74) is 5.76. The molecule has 9 aromatic carbocycles. The molecule has 2 heteroatoms. The third-order valence-corrected chi connectivity index (χ3v) is 13.9. The van der Waals surface area contributed by atoms with E-state index in [1.807, 2.05) is 0 Å². The first kappa shape index (κ1) is 31.6. The second-order valence-corrected chi connectivity index (χ2v) is 16.1. The summed E-state index contributed by atoms with van der Waals surface area (Å²) in [5.74, 6) is 0. The van der Waals surface area contributed by atoms with Gasteiger partial charge in [-0.25, -0.2) is 0 Å². The molecular formula is C50H37NS. The molecule has 0 heterocycles. The number of hydrogen-bond donors (Lipinski definition) is 0. The minimum absolute atomic E-state index is 1.11. The molecule has 0 unspecified atom stereocenters. The Morgan fingerprint density at radius 3 is 1.25 bits per heavy atom. The summed E-state index contributed by atoms with van der Waals surface area (Å²) in [6, 6.07) is 82.0. The molecule has 0 aromatic heterocycles. The van der Waals surface area contributed by atoms with Gasteiger partial charge in [0.15, 0.2) is 0 Å². The molecule has 9 rings (SSSR count). The molecule has 52 heavy (non-hydrogen) atoms. The molecular weight excluding hydrogens is 647 g/mol. The van der Waals surface area contributed by atoms with Gasteiger partial charge in [0.05, 0.1) is 0 Å². The molecule has 248 valence electrons. The molecule has 0 amide bonds. The quantitative estimate of drug-likeness (QED) is 0.144. The lowest BCUT2D eigenvalue weighted by atomic mass is 10.0. The average Bonchev–Trinajstić information content (AvgIpc) is 3.23. The van der Waals surface area contributed by atoms with Gasteiger partial charge in [-0.15, -0.1) is 10.0 Å². The summed E-state index contributed by atoms with van der Waals surface area (Å²) in [6.45, 7) is 0. The monoisotopic (exact) mass is 683 g/mol. The van der Waals surface area contributed by atoms with Crippen molar-refractivity contribution < 1.29 is 0 Å². The summed E-state index contributed by atoms with van der Waals surface area (Å²) >= 11 is 0. The van der Waals surface area contributed by atoms with Crippen molar-refractivity contribution in [3.05, 3.63) is 224 Å². The van der Waals surface area contributed by atoms with Gasteiger partial charge in [0.2, 0.25) is 0 Å². The van der Waals surface area contributed by atoms with Gasteiger partial charge in [-0.1, -0.05) is 140 Å². The Morgan fingerprint density at radius 1 is 0.269 bits per heavy atom. The van der Waals surface area contributed by atoms with Crippen molar-refractivity contribution in [2.24, 2.45) is 0 Å². The van der Waals surface area contributed by atoms with E-state index in [2.05, 4.69) is 229 Å². The highest BCUT2D eigenvalue weighted by molar-refractivity contribution is 8.34. The zero-order chi connectivity index (χ0) is 34.7. The van der Waals surface area contributed by atoms with E-state index in [9.17, 15) is 0 Å². The van der Waals surface area contributed by atoms with E-state index in [1.165, 1.54) is 52.3 Å². The van der Waals surface area contributed by atoms with Gasteiger partial charge in [0.25, 0.3) is 0 Å². The Kier molecular flexibility index (Phi) is 8.36. The van der Waals surface area contributed by atoms with Crippen molar-refractivity contribution in [3.8, 4) is 11.1 Å². The number of nitrogens with zero attached hydrogens (tertiary/aromatic N) is 1. The van der Waals surface area contributed by atoms with Gasteiger partial charge in [0.1, 0.15) is 0 Å². The van der Waals surface area contributed by atoms with E-state index >= 15 is 0 Å². The van der Waals surface area contributed by atoms with E-state index in [0.29, 0.717) is 0 Å². The van der Waals surface area contributed by atoms with E-state index in [-0.39, 0.29) is 0 Å². The van der Waals surface area contributed by atoms with E-state index < -0.39 is 10.0 Å². The normalized spacial score (nSPS) is 11.8. The topological polar surface area (TPSA) is 3.24 Å². The molecule has 0 aliphatic heterocycles. The Hall–Kier alpha value is -6.35. The molecule has 1 nitrogen and oxygen atoms in total. The summed E-state index contributed by atoms with van der Waals surface area (Å²) < 4.78 is 0. The maximum absolute atomic E-state index is 2.39. The van der Waals surface area contributed by atoms with Gasteiger partial charge in [0, 0.05) is 36.6 Å². The Labute approximate surface area is 307 Å². The summed E-state index contributed by atoms with van der Waals surface area (Å²) in [7, 11) is -1.79. The lowest BCUT2D eigenvalue weighted by Gasteiger charge is -2.42. The van der Waals surface area contributed by atoms with Crippen LogP contribution >= 0.6 is 10.0 Å². The van der Waals surface area contributed by atoms with Crippen LogP contribution in [-0.2, 0) is 0 Å². The molecule has 0 atom stereocenters. The van der Waals surface area contributed by atoms with Crippen molar-refractivity contribution in [2.75, 3.05) is 4.90 Å². The average molecular weight is 684 g/mol. The van der Waals surface area contributed by atoms with Crippen LogP contribution < -0.4 is 4.90 Å². The van der Waals surface area contributed by atoms with E-state index in [1.54, 1.807) is 0 Å². The summed E-state index contributed by atoms with van der Waals surface area (Å²) in [4.78, 5) is 7.63. The number of fused-ring (bicyclic) bond motifs is 3. The molecule has 9 aromatic rings. The lowest BCUT2D eigenvalue weighted by molar-refractivity contribution is 1.23. The number of hydrogen-bond acceptors (Lipinski definition) is 1. The molecule has 0 fully saturated rings. The number of rotatable bonds is 8. The van der Waals surface area contributed by atoms with Crippen LogP contribution in [0.25, 0.3) is 32.7 Å². The molecule has 0 spiro atoms. The van der Waals surface area contributed by atoms with Crippen molar-refractivity contribution in [2.45, 2.75) is 19.6 Å². The predicted molar refractivity (Wildman–Crippen MR) is 222 cm³/mol. The Bertz CT molecular complexity index is 2490. The summed E-state index contributed by atoms with van der Waals surface area (Å²) in [6.07, 6.45) is 0. The smallest absolute Gasteiger partial charge is 0.0468 e. The van der Waals surface area contributed by atoms with Crippen LogP contribution in [0.3, 0.4) is 0 Å². The SMILES string of the molecule is c1ccc(-c2ccc(N(c3ccc(S(c4ccccc4)(c4ccccc4)c4ccccc4)cc3)c3ccc4c(ccc5ccccc54)c3)cc2)cc1. The van der Waals surface area contributed by atoms with Crippen molar-refractivity contribution in [1.82, 2.24) is 0 Å². The van der Waals surface area contributed by atoms with Crippen LogP contribution in [0.15, 0.2) is 244 Å². The molecule has 0 saturated carbocycles. The molecule has 0 aliphatic rings. The fourth-order valence-corrected chi connectivity index (χ4v) is 11.4.